The number of nitrogens with zero attached hydrogens (tertiary/aromatic N) is 2. The highest BCUT2D eigenvalue weighted by molar-refractivity contribution is 7.89. The fraction of sp³-hybridized carbons (Fsp3) is 0.312. The van der Waals surface area contributed by atoms with E-state index in [1.54, 1.807) is 24.3 Å². The highest BCUT2D eigenvalue weighted by atomic mass is 32.2. The maximum Gasteiger partial charge on any atom is 0.261 e. The molecule has 24 heavy (non-hydrogen) atoms. The monoisotopic (exact) mass is 352 g/mol. The summed E-state index contributed by atoms with van der Waals surface area (Å²) in [5.74, 6) is -0.0432. The summed E-state index contributed by atoms with van der Waals surface area (Å²) in [5, 5.41) is 0.986. The summed E-state index contributed by atoms with van der Waals surface area (Å²) in [7, 11) is -1.10. The topological polar surface area (TPSA) is 80.1 Å². The van der Waals surface area contributed by atoms with Gasteiger partial charge in [0.1, 0.15) is 5.76 Å². The predicted octanol–water partition coefficient (Wildman–Crippen LogP) is 1.80. The number of hydrogen-bond acceptors (Lipinski definition) is 5. The van der Waals surface area contributed by atoms with Gasteiger partial charge in [-0.25, -0.2) is 13.5 Å². The van der Waals surface area contributed by atoms with Gasteiger partial charge in [-0.15, -0.1) is 0 Å². The van der Waals surface area contributed by atoms with Crippen molar-refractivity contribution in [3.8, 4) is 0 Å². The molecular formula is C16H20N2O5S. The van der Waals surface area contributed by atoms with Gasteiger partial charge >= 0.3 is 0 Å². The molecule has 7 nitrogen and oxygen atoms in total. The summed E-state index contributed by atoms with van der Waals surface area (Å²) < 4.78 is 32.1. The Hall–Kier alpha value is -2.16. The summed E-state index contributed by atoms with van der Waals surface area (Å²) in [5.41, 5.74) is 0.946. The van der Waals surface area contributed by atoms with Crippen LogP contribution in [0, 0.1) is 6.92 Å². The molecule has 0 aliphatic heterocycles. The second kappa shape index (κ2) is 7.61. The number of carbonyl (C=O) groups excluding carboxylic acids is 1. The minimum Gasteiger partial charge on any atom is -0.468 e. The van der Waals surface area contributed by atoms with Gasteiger partial charge in [0, 0.05) is 7.05 Å². The first-order valence-corrected chi connectivity index (χ1v) is 8.68. The molecule has 0 aliphatic rings. The summed E-state index contributed by atoms with van der Waals surface area (Å²) in [6, 6.07) is 9.77. The van der Waals surface area contributed by atoms with E-state index < -0.39 is 15.9 Å². The van der Waals surface area contributed by atoms with Crippen LogP contribution in [-0.2, 0) is 26.2 Å². The minimum atomic E-state index is -3.86. The summed E-state index contributed by atoms with van der Waals surface area (Å²) in [6.07, 6.45) is 1.45. The number of benzene rings is 1. The lowest BCUT2D eigenvalue weighted by Gasteiger charge is -2.23. The third-order valence-corrected chi connectivity index (χ3v) is 5.31. The molecule has 1 aromatic heterocycles. The molecule has 1 aromatic carbocycles. The molecule has 0 saturated carbocycles. The number of furan rings is 1. The van der Waals surface area contributed by atoms with Gasteiger partial charge < -0.3 is 4.42 Å². The fourth-order valence-electron chi connectivity index (χ4n) is 2.01. The van der Waals surface area contributed by atoms with E-state index in [1.165, 1.54) is 32.6 Å². The molecule has 0 saturated heterocycles. The second-order valence-corrected chi connectivity index (χ2v) is 7.18. The number of aryl methyl sites for hydroxylation is 1. The van der Waals surface area contributed by atoms with Crippen LogP contribution in [0.3, 0.4) is 0 Å². The number of sulfonamides is 1. The lowest BCUT2D eigenvalue weighted by Crippen LogP contribution is -2.40. The van der Waals surface area contributed by atoms with Crippen molar-refractivity contribution in [2.45, 2.75) is 18.4 Å². The molecule has 130 valence electrons. The minimum absolute atomic E-state index is 0.0491. The molecule has 1 amide bonds. The maximum absolute atomic E-state index is 12.9. The van der Waals surface area contributed by atoms with E-state index >= 15 is 0 Å². The van der Waals surface area contributed by atoms with Crippen molar-refractivity contribution in [1.29, 1.82) is 0 Å². The molecule has 2 aromatic rings. The van der Waals surface area contributed by atoms with Gasteiger partial charge in [0.2, 0.25) is 10.0 Å². The van der Waals surface area contributed by atoms with Crippen LogP contribution in [0.4, 0.5) is 0 Å². The molecule has 1 heterocycles. The summed E-state index contributed by atoms with van der Waals surface area (Å²) >= 11 is 0. The molecule has 0 bridgehead atoms. The SMILES string of the molecule is CON(C)C(=O)CN(Cc1ccco1)S(=O)(=O)c1ccc(C)cc1. The van der Waals surface area contributed by atoms with Crippen LogP contribution in [0.1, 0.15) is 11.3 Å². The average Bonchev–Trinajstić information content (AvgIpc) is 3.06. The number of amides is 1. The standard InChI is InChI=1S/C16H20N2O5S/c1-13-6-8-15(9-7-13)24(20,21)18(11-14-5-4-10-23-14)12-16(19)17(2)22-3/h4-10H,11-12H2,1-3H3. The largest absolute Gasteiger partial charge is 0.468 e. The van der Waals surface area contributed by atoms with Crippen LogP contribution >= 0.6 is 0 Å². The smallest absolute Gasteiger partial charge is 0.261 e. The Morgan fingerprint density at radius 3 is 2.42 bits per heavy atom. The van der Waals surface area contributed by atoms with Gasteiger partial charge in [-0.2, -0.15) is 4.31 Å². The quantitative estimate of drug-likeness (QED) is 0.710. The highest BCUT2D eigenvalue weighted by Gasteiger charge is 2.28. The Balaban J connectivity index is 2.32. The van der Waals surface area contributed by atoms with Gasteiger partial charge in [0.25, 0.3) is 5.91 Å². The molecule has 0 unspecified atom stereocenters. The number of rotatable bonds is 7. The van der Waals surface area contributed by atoms with E-state index in [1.807, 2.05) is 6.92 Å². The number of carbonyl (C=O) groups is 1. The number of hydrogen-bond donors (Lipinski definition) is 0. The fourth-order valence-corrected chi connectivity index (χ4v) is 3.37. The molecule has 2 rings (SSSR count). The first-order chi connectivity index (χ1) is 11.3. The Bertz CT molecular complexity index is 769. The van der Waals surface area contributed by atoms with Crippen LogP contribution in [0.15, 0.2) is 52.0 Å². The Kier molecular flexibility index (Phi) is 5.76. The molecule has 0 fully saturated rings. The first kappa shape index (κ1) is 18.2. The van der Waals surface area contributed by atoms with Crippen LogP contribution < -0.4 is 0 Å². The number of hydroxylamine groups is 2. The van der Waals surface area contributed by atoms with Crippen molar-refractivity contribution in [3.63, 3.8) is 0 Å². The molecular weight excluding hydrogens is 332 g/mol. The average molecular weight is 352 g/mol. The second-order valence-electron chi connectivity index (χ2n) is 5.24. The lowest BCUT2D eigenvalue weighted by atomic mass is 10.2. The van der Waals surface area contributed by atoms with Gasteiger partial charge in [-0.05, 0) is 31.2 Å². The molecule has 0 N–H and O–H groups in total. The van der Waals surface area contributed by atoms with Crippen molar-refractivity contribution in [2.24, 2.45) is 0 Å². The molecule has 8 heteroatoms. The highest BCUT2D eigenvalue weighted by Crippen LogP contribution is 2.19. The van der Waals surface area contributed by atoms with Gasteiger partial charge in [0.15, 0.2) is 0 Å². The summed E-state index contributed by atoms with van der Waals surface area (Å²) in [6.45, 7) is 1.46. The molecule has 0 aliphatic carbocycles. The van der Waals surface area contributed by atoms with Gasteiger partial charge in [-0.3, -0.25) is 9.63 Å². The van der Waals surface area contributed by atoms with E-state index in [0.717, 1.165) is 14.9 Å². The lowest BCUT2D eigenvalue weighted by molar-refractivity contribution is -0.168. The van der Waals surface area contributed by atoms with E-state index in [9.17, 15) is 13.2 Å². The van der Waals surface area contributed by atoms with Crippen molar-refractivity contribution >= 4 is 15.9 Å². The normalized spacial score (nSPS) is 11.7. The summed E-state index contributed by atoms with van der Waals surface area (Å²) in [4.78, 5) is 17.0. The molecule has 0 spiro atoms. The Morgan fingerprint density at radius 1 is 1.21 bits per heavy atom. The zero-order valence-electron chi connectivity index (χ0n) is 13.8. The van der Waals surface area contributed by atoms with Crippen LogP contribution in [0.25, 0.3) is 0 Å². The zero-order chi connectivity index (χ0) is 17.7. The van der Waals surface area contributed by atoms with Crippen molar-refractivity contribution in [1.82, 2.24) is 9.37 Å². The van der Waals surface area contributed by atoms with Crippen molar-refractivity contribution < 1.29 is 22.5 Å². The van der Waals surface area contributed by atoms with Gasteiger partial charge in [-0.1, -0.05) is 17.7 Å². The Labute approximate surface area is 141 Å². The third kappa shape index (κ3) is 4.22. The molecule has 0 atom stereocenters. The predicted molar refractivity (Wildman–Crippen MR) is 87.3 cm³/mol. The van der Waals surface area contributed by atoms with E-state index in [0.29, 0.717) is 5.76 Å². The first-order valence-electron chi connectivity index (χ1n) is 7.24. The van der Waals surface area contributed by atoms with Crippen LogP contribution in [0.2, 0.25) is 0 Å². The number of likely N-dealkylation sites (N-methyl/N-ethyl adjacent to an activating group) is 1. The van der Waals surface area contributed by atoms with E-state index in [2.05, 4.69) is 0 Å². The van der Waals surface area contributed by atoms with Crippen LogP contribution in [-0.4, -0.2) is 44.4 Å². The van der Waals surface area contributed by atoms with E-state index in [-0.39, 0.29) is 18.0 Å². The zero-order valence-corrected chi connectivity index (χ0v) is 14.6. The van der Waals surface area contributed by atoms with Crippen molar-refractivity contribution in [2.75, 3.05) is 20.7 Å². The van der Waals surface area contributed by atoms with Crippen LogP contribution in [0.5, 0.6) is 0 Å². The van der Waals surface area contributed by atoms with Crippen molar-refractivity contribution in [3.05, 3.63) is 54.0 Å². The molecule has 0 radical (unpaired) electrons. The Morgan fingerprint density at radius 2 is 1.88 bits per heavy atom. The maximum atomic E-state index is 12.9. The van der Waals surface area contributed by atoms with Gasteiger partial charge in [0.05, 0.1) is 31.4 Å². The van der Waals surface area contributed by atoms with E-state index in [4.69, 9.17) is 9.25 Å². The third-order valence-electron chi connectivity index (χ3n) is 3.51.